The molecular weight excluding hydrogens is 271 g/mol. The van der Waals surface area contributed by atoms with Gasteiger partial charge in [0, 0.05) is 15.6 Å². The fraction of sp³-hybridized carbons (Fsp3) is 0.0714. The molecule has 0 aliphatic carbocycles. The Bertz CT molecular complexity index is 601. The van der Waals surface area contributed by atoms with E-state index in [9.17, 15) is 4.79 Å². The fourth-order valence-corrected chi connectivity index (χ4v) is 2.29. The third-order valence-corrected chi connectivity index (χ3v) is 3.11. The molecule has 2 nitrogen and oxygen atoms in total. The highest BCUT2D eigenvalue weighted by Crippen LogP contribution is 2.31. The van der Waals surface area contributed by atoms with E-state index in [4.69, 9.17) is 28.3 Å². The van der Waals surface area contributed by atoms with Crippen LogP contribution < -0.4 is 0 Å². The molecule has 0 aromatic heterocycles. The van der Waals surface area contributed by atoms with E-state index in [-0.39, 0.29) is 5.56 Å². The Morgan fingerprint density at radius 1 is 1.11 bits per heavy atom. The van der Waals surface area contributed by atoms with E-state index in [2.05, 4.69) is 0 Å². The predicted octanol–water partition coefficient (Wildman–Crippen LogP) is 4.67. The highest BCUT2D eigenvalue weighted by Gasteiger charge is 2.10. The number of carboxylic acids is 1. The summed E-state index contributed by atoms with van der Waals surface area (Å²) in [5, 5.41) is 10.1. The van der Waals surface area contributed by atoms with Gasteiger partial charge in [-0.15, -0.1) is 0 Å². The highest BCUT2D eigenvalue weighted by molar-refractivity contribution is 6.34. The van der Waals surface area contributed by atoms with E-state index in [1.165, 1.54) is 6.07 Å². The molecule has 0 unspecified atom stereocenters. The molecule has 0 amide bonds. The number of hydrogen-bond acceptors (Lipinski definition) is 1. The van der Waals surface area contributed by atoms with Gasteiger partial charge in [0.25, 0.3) is 0 Å². The lowest BCUT2D eigenvalue weighted by atomic mass is 10.0. The van der Waals surface area contributed by atoms with Crippen LogP contribution in [-0.4, -0.2) is 11.1 Å². The molecule has 2 rings (SSSR count). The largest absolute Gasteiger partial charge is 0.478 e. The first-order valence-corrected chi connectivity index (χ1v) is 6.03. The molecule has 2 aromatic rings. The Morgan fingerprint density at radius 2 is 1.83 bits per heavy atom. The van der Waals surface area contributed by atoms with Crippen molar-refractivity contribution in [2.45, 2.75) is 6.92 Å². The quantitative estimate of drug-likeness (QED) is 0.868. The van der Waals surface area contributed by atoms with Crippen LogP contribution in [0, 0.1) is 6.92 Å². The van der Waals surface area contributed by atoms with E-state index in [0.29, 0.717) is 15.6 Å². The number of carbonyl (C=O) groups is 1. The number of rotatable bonds is 2. The molecule has 0 radical (unpaired) electrons. The van der Waals surface area contributed by atoms with Crippen molar-refractivity contribution in [3.05, 3.63) is 57.6 Å². The minimum atomic E-state index is -0.980. The van der Waals surface area contributed by atoms with Crippen LogP contribution >= 0.6 is 23.2 Å². The number of aromatic carboxylic acids is 1. The summed E-state index contributed by atoms with van der Waals surface area (Å²) in [5.41, 5.74) is 2.68. The number of halogens is 2. The first kappa shape index (κ1) is 12.9. The summed E-state index contributed by atoms with van der Waals surface area (Å²) < 4.78 is 0. The number of hydrogen-bond donors (Lipinski definition) is 1. The van der Waals surface area contributed by atoms with Crippen molar-refractivity contribution in [3.8, 4) is 11.1 Å². The second-order valence-electron chi connectivity index (χ2n) is 4.02. The topological polar surface area (TPSA) is 37.3 Å². The van der Waals surface area contributed by atoms with Crippen LogP contribution in [0.15, 0.2) is 36.4 Å². The zero-order valence-corrected chi connectivity index (χ0v) is 11.1. The van der Waals surface area contributed by atoms with Gasteiger partial charge in [-0.2, -0.15) is 0 Å². The van der Waals surface area contributed by atoms with Crippen molar-refractivity contribution in [3.63, 3.8) is 0 Å². The van der Waals surface area contributed by atoms with Crippen LogP contribution in [0.3, 0.4) is 0 Å². The van der Waals surface area contributed by atoms with Crippen LogP contribution in [0.25, 0.3) is 11.1 Å². The van der Waals surface area contributed by atoms with Crippen molar-refractivity contribution in [1.29, 1.82) is 0 Å². The maximum absolute atomic E-state index is 11.0. The number of benzene rings is 2. The van der Waals surface area contributed by atoms with E-state index < -0.39 is 5.97 Å². The van der Waals surface area contributed by atoms with Crippen LogP contribution in [0.5, 0.6) is 0 Å². The Kier molecular flexibility index (Phi) is 3.60. The van der Waals surface area contributed by atoms with Gasteiger partial charge in [-0.25, -0.2) is 4.79 Å². The molecular formula is C14H10Cl2O2. The molecule has 0 fully saturated rings. The Labute approximate surface area is 115 Å². The van der Waals surface area contributed by atoms with Crippen LogP contribution in [0.4, 0.5) is 0 Å². The van der Waals surface area contributed by atoms with Gasteiger partial charge < -0.3 is 5.11 Å². The average Bonchev–Trinajstić information content (AvgIpc) is 2.27. The van der Waals surface area contributed by atoms with Crippen LogP contribution in [0.2, 0.25) is 10.0 Å². The molecule has 18 heavy (non-hydrogen) atoms. The summed E-state index contributed by atoms with van der Waals surface area (Å²) in [6, 6.07) is 10.1. The number of carboxylic acid groups (broad SMARTS) is 1. The molecule has 0 aliphatic heterocycles. The summed E-state index contributed by atoms with van der Waals surface area (Å²) in [6.07, 6.45) is 0. The zero-order valence-electron chi connectivity index (χ0n) is 9.58. The number of aryl methyl sites for hydroxylation is 1. The first-order valence-electron chi connectivity index (χ1n) is 5.28. The van der Waals surface area contributed by atoms with Gasteiger partial charge >= 0.3 is 5.97 Å². The van der Waals surface area contributed by atoms with Gasteiger partial charge in [-0.3, -0.25) is 0 Å². The third-order valence-electron chi connectivity index (χ3n) is 2.57. The molecule has 0 aliphatic rings. The lowest BCUT2D eigenvalue weighted by molar-refractivity contribution is 0.0697. The van der Waals surface area contributed by atoms with Crippen molar-refractivity contribution in [2.24, 2.45) is 0 Å². The van der Waals surface area contributed by atoms with Gasteiger partial charge in [-0.05, 0) is 48.4 Å². The first-order chi connectivity index (χ1) is 8.47. The molecule has 0 spiro atoms. The van der Waals surface area contributed by atoms with Gasteiger partial charge in [0.1, 0.15) is 0 Å². The van der Waals surface area contributed by atoms with E-state index >= 15 is 0 Å². The van der Waals surface area contributed by atoms with Gasteiger partial charge in [0.15, 0.2) is 0 Å². The van der Waals surface area contributed by atoms with Crippen molar-refractivity contribution in [1.82, 2.24) is 0 Å². The van der Waals surface area contributed by atoms with Crippen LogP contribution in [-0.2, 0) is 0 Å². The van der Waals surface area contributed by atoms with Crippen molar-refractivity contribution < 1.29 is 9.90 Å². The van der Waals surface area contributed by atoms with E-state index in [1.54, 1.807) is 18.2 Å². The van der Waals surface area contributed by atoms with E-state index in [0.717, 1.165) is 11.1 Å². The second kappa shape index (κ2) is 5.01. The summed E-state index contributed by atoms with van der Waals surface area (Å²) in [6.45, 7) is 1.92. The molecule has 0 atom stereocenters. The van der Waals surface area contributed by atoms with Gasteiger partial charge in [0.2, 0.25) is 0 Å². The molecule has 1 N–H and O–H groups in total. The summed E-state index contributed by atoms with van der Waals surface area (Å²) in [7, 11) is 0. The molecule has 2 aromatic carbocycles. The lowest BCUT2D eigenvalue weighted by Gasteiger charge is -2.08. The standard InChI is InChI=1S/C14H10Cl2O2/c1-8-4-10(6-11(15)5-8)12-7-9(14(17)18)2-3-13(12)16/h2-7H,1H3,(H,17,18). The molecule has 4 heteroatoms. The van der Waals surface area contributed by atoms with Crippen molar-refractivity contribution in [2.75, 3.05) is 0 Å². The molecule has 0 saturated heterocycles. The smallest absolute Gasteiger partial charge is 0.335 e. The molecule has 0 bridgehead atoms. The zero-order chi connectivity index (χ0) is 13.3. The summed E-state index contributed by atoms with van der Waals surface area (Å²) >= 11 is 12.1. The van der Waals surface area contributed by atoms with E-state index in [1.807, 2.05) is 19.1 Å². The summed E-state index contributed by atoms with van der Waals surface area (Å²) in [4.78, 5) is 11.0. The average molecular weight is 281 g/mol. The van der Waals surface area contributed by atoms with Crippen molar-refractivity contribution >= 4 is 29.2 Å². The molecule has 0 heterocycles. The Hall–Kier alpha value is -1.51. The Morgan fingerprint density at radius 3 is 2.44 bits per heavy atom. The maximum Gasteiger partial charge on any atom is 0.335 e. The monoisotopic (exact) mass is 280 g/mol. The fourth-order valence-electron chi connectivity index (χ4n) is 1.77. The lowest BCUT2D eigenvalue weighted by Crippen LogP contribution is -1.96. The normalized spacial score (nSPS) is 10.4. The minimum Gasteiger partial charge on any atom is -0.478 e. The van der Waals surface area contributed by atoms with Gasteiger partial charge in [-0.1, -0.05) is 29.3 Å². The highest BCUT2D eigenvalue weighted by atomic mass is 35.5. The minimum absolute atomic E-state index is 0.201. The van der Waals surface area contributed by atoms with Crippen LogP contribution in [0.1, 0.15) is 15.9 Å². The third kappa shape index (κ3) is 2.66. The molecule has 92 valence electrons. The SMILES string of the molecule is Cc1cc(Cl)cc(-c2cc(C(=O)O)ccc2Cl)c1. The Balaban J connectivity index is 2.62. The second-order valence-corrected chi connectivity index (χ2v) is 4.86. The van der Waals surface area contributed by atoms with Gasteiger partial charge in [0.05, 0.1) is 5.56 Å². The molecule has 0 saturated carbocycles. The summed E-state index contributed by atoms with van der Waals surface area (Å²) in [5.74, 6) is -0.980. The maximum atomic E-state index is 11.0. The predicted molar refractivity (Wildman–Crippen MR) is 73.6 cm³/mol.